The van der Waals surface area contributed by atoms with Crippen molar-refractivity contribution in [3.63, 3.8) is 0 Å². The third kappa shape index (κ3) is 2.50. The van der Waals surface area contributed by atoms with E-state index in [1.54, 1.807) is 34.4 Å². The second-order valence-corrected chi connectivity index (χ2v) is 7.08. The second-order valence-electron chi connectivity index (χ2n) is 6.00. The maximum atomic E-state index is 12.9. The molecule has 1 aliphatic carbocycles. The van der Waals surface area contributed by atoms with E-state index >= 15 is 0 Å². The number of fused-ring (bicyclic) bond motifs is 3. The van der Waals surface area contributed by atoms with Gasteiger partial charge in [-0.2, -0.15) is 0 Å². The average Bonchev–Trinajstić information content (AvgIpc) is 2.97. The van der Waals surface area contributed by atoms with Crippen molar-refractivity contribution < 1.29 is 4.92 Å². The van der Waals surface area contributed by atoms with Crippen molar-refractivity contribution in [1.82, 2.24) is 9.55 Å². The molecule has 4 rings (SSSR count). The Morgan fingerprint density at radius 1 is 1.29 bits per heavy atom. The van der Waals surface area contributed by atoms with Gasteiger partial charge in [0.05, 0.1) is 23.2 Å². The number of non-ortho nitro benzene ring substituents is 1. The lowest BCUT2D eigenvalue weighted by Gasteiger charge is -2.10. The van der Waals surface area contributed by atoms with Gasteiger partial charge in [0.2, 0.25) is 0 Å². The largest absolute Gasteiger partial charge is 0.294 e. The van der Waals surface area contributed by atoms with Gasteiger partial charge in [-0.3, -0.25) is 19.5 Å². The van der Waals surface area contributed by atoms with Crippen molar-refractivity contribution >= 4 is 27.2 Å². The van der Waals surface area contributed by atoms with E-state index < -0.39 is 4.92 Å². The van der Waals surface area contributed by atoms with E-state index in [1.807, 2.05) is 0 Å². The molecule has 0 fully saturated rings. The van der Waals surface area contributed by atoms with Gasteiger partial charge >= 0.3 is 0 Å². The van der Waals surface area contributed by atoms with Gasteiger partial charge in [-0.1, -0.05) is 12.1 Å². The Hall–Kier alpha value is -2.54. The van der Waals surface area contributed by atoms with Gasteiger partial charge in [0.15, 0.2) is 0 Å². The Morgan fingerprint density at radius 3 is 2.96 bits per heavy atom. The van der Waals surface area contributed by atoms with Gasteiger partial charge in [-0.05, 0) is 36.8 Å². The van der Waals surface area contributed by atoms with Crippen molar-refractivity contribution in [3.8, 4) is 0 Å². The Kier molecular flexibility index (Phi) is 3.65. The highest BCUT2D eigenvalue weighted by Gasteiger charge is 2.20. The molecule has 0 saturated heterocycles. The van der Waals surface area contributed by atoms with E-state index in [9.17, 15) is 14.9 Å². The Labute approximate surface area is 141 Å². The lowest BCUT2D eigenvalue weighted by Crippen LogP contribution is -2.21. The number of hydrogen-bond donors (Lipinski definition) is 0. The standard InChI is InChI=1S/C17H15N3O3S/c21-17-15-13-6-1-2-7-14(13)24-16(15)18-10-19(17)9-11-4-3-5-12(8-11)20(22)23/h3-5,8,10H,1-2,6-7,9H2. The SMILES string of the molecule is O=c1c2c3c(sc2ncn1Cc1cccc([N+](=O)[O-])c1)CCCC3. The number of thiophene rings is 1. The fourth-order valence-corrected chi connectivity index (χ4v) is 4.48. The fourth-order valence-electron chi connectivity index (χ4n) is 3.26. The maximum Gasteiger partial charge on any atom is 0.269 e. The molecule has 7 heteroatoms. The summed E-state index contributed by atoms with van der Waals surface area (Å²) in [6.07, 6.45) is 5.79. The normalized spacial score (nSPS) is 13.8. The smallest absolute Gasteiger partial charge is 0.269 e. The number of nitrogens with zero attached hydrogens (tertiary/aromatic N) is 3. The summed E-state index contributed by atoms with van der Waals surface area (Å²) in [7, 11) is 0. The van der Waals surface area contributed by atoms with E-state index in [0.29, 0.717) is 0 Å². The zero-order valence-electron chi connectivity index (χ0n) is 12.9. The first-order valence-corrected chi connectivity index (χ1v) is 8.68. The third-order valence-electron chi connectivity index (χ3n) is 4.42. The number of rotatable bonds is 3. The second kappa shape index (κ2) is 5.83. The molecule has 0 spiro atoms. The number of nitro benzene ring substituents is 1. The number of aromatic nitrogens is 2. The average molecular weight is 341 g/mol. The summed E-state index contributed by atoms with van der Waals surface area (Å²) in [5.41, 5.74) is 1.86. The molecule has 2 aromatic heterocycles. The van der Waals surface area contributed by atoms with Crippen LogP contribution >= 0.6 is 11.3 Å². The summed E-state index contributed by atoms with van der Waals surface area (Å²) < 4.78 is 1.54. The van der Waals surface area contributed by atoms with Crippen molar-refractivity contribution in [1.29, 1.82) is 0 Å². The molecule has 0 radical (unpaired) electrons. The highest BCUT2D eigenvalue weighted by Crippen LogP contribution is 2.33. The molecule has 1 aliphatic rings. The molecule has 0 N–H and O–H groups in total. The van der Waals surface area contributed by atoms with Crippen LogP contribution in [0.5, 0.6) is 0 Å². The quantitative estimate of drug-likeness (QED) is 0.541. The van der Waals surface area contributed by atoms with Crippen LogP contribution in [0.4, 0.5) is 5.69 Å². The summed E-state index contributed by atoms with van der Waals surface area (Å²) in [5, 5.41) is 11.6. The van der Waals surface area contributed by atoms with Crippen molar-refractivity contribution in [2.75, 3.05) is 0 Å². The molecule has 0 atom stereocenters. The molecule has 24 heavy (non-hydrogen) atoms. The number of hydrogen-bond acceptors (Lipinski definition) is 5. The van der Waals surface area contributed by atoms with Gasteiger partial charge in [-0.25, -0.2) is 4.98 Å². The van der Waals surface area contributed by atoms with E-state index in [1.165, 1.54) is 23.4 Å². The molecule has 3 aromatic rings. The van der Waals surface area contributed by atoms with Gasteiger partial charge in [0, 0.05) is 17.0 Å². The number of nitro groups is 1. The Morgan fingerprint density at radius 2 is 2.12 bits per heavy atom. The Balaban J connectivity index is 1.78. The number of benzene rings is 1. The molecule has 0 amide bonds. The summed E-state index contributed by atoms with van der Waals surface area (Å²) in [4.78, 5) is 29.9. The fraction of sp³-hybridized carbons (Fsp3) is 0.294. The van der Waals surface area contributed by atoms with Gasteiger partial charge in [-0.15, -0.1) is 11.3 Å². The predicted molar refractivity (Wildman–Crippen MR) is 92.7 cm³/mol. The molecule has 1 aromatic carbocycles. The van der Waals surface area contributed by atoms with Crippen LogP contribution in [0.2, 0.25) is 0 Å². The van der Waals surface area contributed by atoms with Crippen molar-refractivity contribution in [2.24, 2.45) is 0 Å². The zero-order chi connectivity index (χ0) is 16.7. The lowest BCUT2D eigenvalue weighted by atomic mass is 9.97. The first-order valence-electron chi connectivity index (χ1n) is 7.86. The monoisotopic (exact) mass is 341 g/mol. The molecular weight excluding hydrogens is 326 g/mol. The topological polar surface area (TPSA) is 78.0 Å². The van der Waals surface area contributed by atoms with Gasteiger partial charge < -0.3 is 0 Å². The van der Waals surface area contributed by atoms with E-state index in [0.717, 1.165) is 40.6 Å². The van der Waals surface area contributed by atoms with E-state index in [4.69, 9.17) is 0 Å². The molecule has 2 heterocycles. The molecule has 122 valence electrons. The molecule has 0 bridgehead atoms. The Bertz CT molecular complexity index is 1010. The molecule has 0 aliphatic heterocycles. The summed E-state index contributed by atoms with van der Waals surface area (Å²) >= 11 is 1.62. The molecule has 6 nitrogen and oxygen atoms in total. The van der Waals surface area contributed by atoms with E-state index in [-0.39, 0.29) is 17.8 Å². The van der Waals surface area contributed by atoms with Crippen LogP contribution in [0.3, 0.4) is 0 Å². The molecule has 0 saturated carbocycles. The van der Waals surface area contributed by atoms with Crippen LogP contribution in [0, 0.1) is 10.1 Å². The maximum absolute atomic E-state index is 12.9. The minimum atomic E-state index is -0.428. The summed E-state index contributed by atoms with van der Waals surface area (Å²) in [6, 6.07) is 6.37. The minimum Gasteiger partial charge on any atom is -0.294 e. The number of aryl methyl sites for hydroxylation is 2. The van der Waals surface area contributed by atoms with Crippen LogP contribution in [-0.2, 0) is 19.4 Å². The zero-order valence-corrected chi connectivity index (χ0v) is 13.7. The van der Waals surface area contributed by atoms with Crippen molar-refractivity contribution in [3.05, 3.63) is 67.1 Å². The van der Waals surface area contributed by atoms with Gasteiger partial charge in [0.1, 0.15) is 4.83 Å². The van der Waals surface area contributed by atoms with Crippen LogP contribution in [0.15, 0.2) is 35.4 Å². The summed E-state index contributed by atoms with van der Waals surface area (Å²) in [5.74, 6) is 0. The van der Waals surface area contributed by atoms with Crippen molar-refractivity contribution in [2.45, 2.75) is 32.2 Å². The van der Waals surface area contributed by atoms with Crippen LogP contribution in [0.1, 0.15) is 28.8 Å². The minimum absolute atomic E-state index is 0.0301. The van der Waals surface area contributed by atoms with Crippen LogP contribution in [0.25, 0.3) is 10.2 Å². The summed E-state index contributed by atoms with van der Waals surface area (Å²) in [6.45, 7) is 0.286. The first-order chi connectivity index (χ1) is 11.6. The van der Waals surface area contributed by atoms with Crippen LogP contribution in [-0.4, -0.2) is 14.5 Å². The molecular formula is C17H15N3O3S. The first kappa shape index (κ1) is 15.0. The highest BCUT2D eigenvalue weighted by atomic mass is 32.1. The lowest BCUT2D eigenvalue weighted by molar-refractivity contribution is -0.384. The molecule has 0 unspecified atom stereocenters. The highest BCUT2D eigenvalue weighted by molar-refractivity contribution is 7.18. The van der Waals surface area contributed by atoms with E-state index in [2.05, 4.69) is 4.98 Å². The van der Waals surface area contributed by atoms with Crippen LogP contribution < -0.4 is 5.56 Å². The third-order valence-corrected chi connectivity index (χ3v) is 5.62. The predicted octanol–water partition coefficient (Wildman–Crippen LogP) is 3.29. The van der Waals surface area contributed by atoms with Gasteiger partial charge in [0.25, 0.3) is 11.2 Å².